The van der Waals surface area contributed by atoms with Gasteiger partial charge in [-0.1, -0.05) is 64.7 Å². The third kappa shape index (κ3) is 5.51. The van der Waals surface area contributed by atoms with Gasteiger partial charge in [-0.3, -0.25) is 4.79 Å². The standard InChI is InChI=1S/C16H31NO/c1-2-3-4-5-6-7-9-12-15(18)16(17)13-10-8-11-14-16/h2-14,17H2,1H3. The highest BCUT2D eigenvalue weighted by molar-refractivity contribution is 5.88. The quantitative estimate of drug-likeness (QED) is 0.620. The molecule has 0 amide bonds. The van der Waals surface area contributed by atoms with Gasteiger partial charge in [0.1, 0.15) is 0 Å². The van der Waals surface area contributed by atoms with Crippen LogP contribution in [0.3, 0.4) is 0 Å². The van der Waals surface area contributed by atoms with Gasteiger partial charge in [-0.05, 0) is 19.3 Å². The lowest BCUT2D eigenvalue weighted by Gasteiger charge is -2.31. The normalized spacial score (nSPS) is 18.8. The molecule has 0 aromatic carbocycles. The summed E-state index contributed by atoms with van der Waals surface area (Å²) in [5, 5.41) is 0. The molecule has 2 nitrogen and oxygen atoms in total. The molecule has 2 N–H and O–H groups in total. The summed E-state index contributed by atoms with van der Waals surface area (Å²) in [6, 6.07) is 0. The van der Waals surface area contributed by atoms with Crippen LogP contribution in [0.5, 0.6) is 0 Å². The van der Waals surface area contributed by atoms with E-state index < -0.39 is 5.54 Å². The first kappa shape index (κ1) is 15.7. The summed E-state index contributed by atoms with van der Waals surface area (Å²) in [4.78, 5) is 12.1. The van der Waals surface area contributed by atoms with E-state index in [1.54, 1.807) is 0 Å². The predicted molar refractivity (Wildman–Crippen MR) is 77.6 cm³/mol. The van der Waals surface area contributed by atoms with Crippen molar-refractivity contribution >= 4 is 5.78 Å². The Morgan fingerprint density at radius 1 is 0.944 bits per heavy atom. The number of nitrogens with two attached hydrogens (primary N) is 1. The third-order valence-electron chi connectivity index (χ3n) is 4.31. The first-order valence-corrected chi connectivity index (χ1v) is 8.01. The van der Waals surface area contributed by atoms with E-state index >= 15 is 0 Å². The summed E-state index contributed by atoms with van der Waals surface area (Å²) < 4.78 is 0. The summed E-state index contributed by atoms with van der Waals surface area (Å²) in [7, 11) is 0. The van der Waals surface area contributed by atoms with Crippen LogP contribution in [-0.2, 0) is 4.79 Å². The summed E-state index contributed by atoms with van der Waals surface area (Å²) in [6.45, 7) is 2.24. The zero-order valence-corrected chi connectivity index (χ0v) is 12.2. The Balaban J connectivity index is 2.05. The zero-order valence-electron chi connectivity index (χ0n) is 12.2. The molecule has 1 fully saturated rings. The topological polar surface area (TPSA) is 43.1 Å². The molecule has 0 aliphatic heterocycles. The van der Waals surface area contributed by atoms with Gasteiger partial charge in [-0.15, -0.1) is 0 Å². The fourth-order valence-corrected chi connectivity index (χ4v) is 2.95. The molecule has 18 heavy (non-hydrogen) atoms. The van der Waals surface area contributed by atoms with E-state index in [1.807, 2.05) is 0 Å². The second-order valence-electron chi connectivity index (χ2n) is 6.01. The molecule has 0 spiro atoms. The van der Waals surface area contributed by atoms with Crippen molar-refractivity contribution < 1.29 is 4.79 Å². The van der Waals surface area contributed by atoms with Crippen molar-refractivity contribution in [1.82, 2.24) is 0 Å². The molecule has 0 aromatic rings. The lowest BCUT2D eigenvalue weighted by atomic mass is 9.78. The van der Waals surface area contributed by atoms with Gasteiger partial charge in [0.15, 0.2) is 5.78 Å². The Kier molecular flexibility index (Phi) is 7.57. The summed E-state index contributed by atoms with van der Waals surface area (Å²) in [5.41, 5.74) is 5.78. The predicted octanol–water partition coefficient (Wildman–Crippen LogP) is 4.36. The smallest absolute Gasteiger partial charge is 0.152 e. The van der Waals surface area contributed by atoms with Crippen molar-refractivity contribution in [3.8, 4) is 0 Å². The molecule has 1 aliphatic carbocycles. The van der Waals surface area contributed by atoms with Crippen molar-refractivity contribution in [1.29, 1.82) is 0 Å². The zero-order chi connectivity index (χ0) is 13.3. The minimum atomic E-state index is -0.458. The fourth-order valence-electron chi connectivity index (χ4n) is 2.95. The molecular formula is C16H31NO. The van der Waals surface area contributed by atoms with E-state index in [2.05, 4.69) is 6.92 Å². The van der Waals surface area contributed by atoms with Crippen molar-refractivity contribution in [2.75, 3.05) is 0 Å². The second kappa shape index (κ2) is 8.68. The Labute approximate surface area is 113 Å². The molecule has 0 bridgehead atoms. The third-order valence-corrected chi connectivity index (χ3v) is 4.31. The molecule has 0 radical (unpaired) electrons. The van der Waals surface area contributed by atoms with Crippen LogP contribution in [-0.4, -0.2) is 11.3 Å². The number of hydrogen-bond donors (Lipinski definition) is 1. The molecule has 1 rings (SSSR count). The first-order chi connectivity index (χ1) is 8.69. The average molecular weight is 253 g/mol. The molecule has 0 unspecified atom stereocenters. The van der Waals surface area contributed by atoms with E-state index in [-0.39, 0.29) is 0 Å². The van der Waals surface area contributed by atoms with Gasteiger partial charge in [0.25, 0.3) is 0 Å². The summed E-state index contributed by atoms with van der Waals surface area (Å²) in [5.74, 6) is 0.329. The minimum Gasteiger partial charge on any atom is -0.319 e. The van der Waals surface area contributed by atoms with Crippen molar-refractivity contribution in [2.24, 2.45) is 5.73 Å². The highest BCUT2D eigenvalue weighted by Crippen LogP contribution is 2.28. The molecule has 2 heteroatoms. The number of Topliss-reactive ketones (excluding diaryl/α,β-unsaturated/α-hetero) is 1. The summed E-state index contributed by atoms with van der Waals surface area (Å²) >= 11 is 0. The minimum absolute atomic E-state index is 0.329. The SMILES string of the molecule is CCCCCCCCCC(=O)C1(N)CCCCC1. The van der Waals surface area contributed by atoms with E-state index in [0.717, 1.165) is 32.1 Å². The first-order valence-electron chi connectivity index (χ1n) is 8.01. The maximum atomic E-state index is 12.1. The van der Waals surface area contributed by atoms with Crippen LogP contribution in [0.2, 0.25) is 0 Å². The van der Waals surface area contributed by atoms with Crippen LogP contribution in [0.15, 0.2) is 0 Å². The van der Waals surface area contributed by atoms with Gasteiger partial charge in [0.05, 0.1) is 5.54 Å². The second-order valence-corrected chi connectivity index (χ2v) is 6.01. The number of ketones is 1. The Hall–Kier alpha value is -0.370. The molecule has 1 aliphatic rings. The fraction of sp³-hybridized carbons (Fsp3) is 0.938. The number of hydrogen-bond acceptors (Lipinski definition) is 2. The van der Waals surface area contributed by atoms with Crippen LogP contribution < -0.4 is 5.73 Å². The molecular weight excluding hydrogens is 222 g/mol. The molecule has 0 saturated heterocycles. The van der Waals surface area contributed by atoms with Gasteiger partial charge < -0.3 is 5.73 Å². The Bertz CT molecular complexity index is 231. The van der Waals surface area contributed by atoms with E-state index in [4.69, 9.17) is 5.73 Å². The highest BCUT2D eigenvalue weighted by atomic mass is 16.1. The Morgan fingerprint density at radius 2 is 1.50 bits per heavy atom. The van der Waals surface area contributed by atoms with E-state index in [1.165, 1.54) is 44.9 Å². The van der Waals surface area contributed by atoms with Crippen LogP contribution in [0.4, 0.5) is 0 Å². The largest absolute Gasteiger partial charge is 0.319 e. The van der Waals surface area contributed by atoms with Gasteiger partial charge in [0.2, 0.25) is 0 Å². The van der Waals surface area contributed by atoms with Gasteiger partial charge in [-0.25, -0.2) is 0 Å². The maximum Gasteiger partial charge on any atom is 0.152 e. The van der Waals surface area contributed by atoms with Gasteiger partial charge in [0, 0.05) is 6.42 Å². The van der Waals surface area contributed by atoms with Gasteiger partial charge in [-0.2, -0.15) is 0 Å². The molecule has 1 saturated carbocycles. The monoisotopic (exact) mass is 253 g/mol. The van der Waals surface area contributed by atoms with E-state index in [9.17, 15) is 4.79 Å². The van der Waals surface area contributed by atoms with Crippen LogP contribution in [0.1, 0.15) is 90.4 Å². The molecule has 0 aromatic heterocycles. The Morgan fingerprint density at radius 3 is 2.11 bits per heavy atom. The summed E-state index contributed by atoms with van der Waals surface area (Å²) in [6.07, 6.45) is 14.9. The highest BCUT2D eigenvalue weighted by Gasteiger charge is 2.33. The molecule has 106 valence electrons. The number of rotatable bonds is 9. The average Bonchev–Trinajstić information content (AvgIpc) is 2.38. The van der Waals surface area contributed by atoms with Crippen molar-refractivity contribution in [3.05, 3.63) is 0 Å². The number of carbonyl (C=O) groups is 1. The van der Waals surface area contributed by atoms with E-state index in [0.29, 0.717) is 12.2 Å². The lowest BCUT2D eigenvalue weighted by Crippen LogP contribution is -2.49. The van der Waals surface area contributed by atoms with Gasteiger partial charge >= 0.3 is 0 Å². The van der Waals surface area contributed by atoms with Crippen molar-refractivity contribution in [3.63, 3.8) is 0 Å². The lowest BCUT2D eigenvalue weighted by molar-refractivity contribution is -0.125. The molecule has 0 atom stereocenters. The van der Waals surface area contributed by atoms with Crippen molar-refractivity contribution in [2.45, 2.75) is 95.9 Å². The number of carbonyl (C=O) groups excluding carboxylic acids is 1. The van der Waals surface area contributed by atoms with Crippen LogP contribution in [0.25, 0.3) is 0 Å². The maximum absolute atomic E-state index is 12.1. The van der Waals surface area contributed by atoms with Crippen LogP contribution in [0, 0.1) is 0 Å². The number of unbranched alkanes of at least 4 members (excludes halogenated alkanes) is 6. The molecule has 0 heterocycles. The van der Waals surface area contributed by atoms with Crippen LogP contribution >= 0.6 is 0 Å².